The van der Waals surface area contributed by atoms with Crippen LogP contribution in [0.15, 0.2) is 0 Å². The van der Waals surface area contributed by atoms with Crippen molar-refractivity contribution < 1.29 is 0 Å². The van der Waals surface area contributed by atoms with Gasteiger partial charge in [-0.15, -0.1) is 0 Å². The van der Waals surface area contributed by atoms with E-state index in [1.54, 1.807) is 0 Å². The summed E-state index contributed by atoms with van der Waals surface area (Å²) >= 11 is 0. The zero-order valence-corrected chi connectivity index (χ0v) is 13.4. The van der Waals surface area contributed by atoms with Gasteiger partial charge in [-0.25, -0.2) is 0 Å². The number of hydrogen-bond acceptors (Lipinski definition) is 3. The first-order chi connectivity index (χ1) is 9.11. The van der Waals surface area contributed by atoms with Crippen molar-refractivity contribution in [3.05, 3.63) is 0 Å². The van der Waals surface area contributed by atoms with Gasteiger partial charge in [0.15, 0.2) is 0 Å². The van der Waals surface area contributed by atoms with Crippen molar-refractivity contribution in [3.8, 4) is 0 Å². The van der Waals surface area contributed by atoms with Gasteiger partial charge in [0.1, 0.15) is 0 Å². The molecule has 0 spiro atoms. The number of rotatable bonds is 4. The van der Waals surface area contributed by atoms with Crippen LogP contribution < -0.4 is 5.32 Å². The Morgan fingerprint density at radius 3 is 2.16 bits per heavy atom. The summed E-state index contributed by atoms with van der Waals surface area (Å²) in [5, 5.41) is 3.60. The molecule has 19 heavy (non-hydrogen) atoms. The van der Waals surface area contributed by atoms with E-state index in [4.69, 9.17) is 0 Å². The molecule has 1 saturated heterocycles. The minimum absolute atomic E-state index is 0.688. The van der Waals surface area contributed by atoms with Crippen molar-refractivity contribution in [2.24, 2.45) is 5.92 Å². The van der Waals surface area contributed by atoms with Gasteiger partial charge in [0.25, 0.3) is 0 Å². The molecule has 2 rings (SSSR count). The average Bonchev–Trinajstić information content (AvgIpc) is 2.43. The molecule has 0 aromatic carbocycles. The van der Waals surface area contributed by atoms with Gasteiger partial charge in [-0.1, -0.05) is 19.3 Å². The summed E-state index contributed by atoms with van der Waals surface area (Å²) in [6, 6.07) is 2.07. The van der Waals surface area contributed by atoms with Crippen LogP contribution in [0.1, 0.15) is 46.0 Å². The van der Waals surface area contributed by atoms with Crippen molar-refractivity contribution in [1.82, 2.24) is 15.1 Å². The number of nitrogens with zero attached hydrogens (tertiary/aromatic N) is 2. The van der Waals surface area contributed by atoms with Crippen molar-refractivity contribution in [3.63, 3.8) is 0 Å². The average molecular weight is 267 g/mol. The van der Waals surface area contributed by atoms with Crippen molar-refractivity contribution in [2.45, 2.75) is 64.1 Å². The Kier molecular flexibility index (Phi) is 5.67. The maximum Gasteiger partial charge on any atom is 0.0220 e. The van der Waals surface area contributed by atoms with E-state index in [9.17, 15) is 0 Å². The maximum atomic E-state index is 3.60. The highest BCUT2D eigenvalue weighted by atomic mass is 15.3. The standard InChI is InChI=1S/C16H33N3/c1-13-10-19(11-14(2)18(13)4)12-16(17-3)15-8-6-5-7-9-15/h13-17H,5-12H2,1-4H3. The first kappa shape index (κ1) is 15.3. The highest BCUT2D eigenvalue weighted by Crippen LogP contribution is 2.27. The largest absolute Gasteiger partial charge is 0.315 e. The molecule has 1 aliphatic heterocycles. The fraction of sp³-hybridized carbons (Fsp3) is 1.00. The Hall–Kier alpha value is -0.120. The van der Waals surface area contributed by atoms with Crippen LogP contribution in [-0.4, -0.2) is 61.7 Å². The summed E-state index contributed by atoms with van der Waals surface area (Å²) in [6.07, 6.45) is 7.21. The number of likely N-dealkylation sites (N-methyl/N-ethyl adjacent to an activating group) is 2. The third-order valence-electron chi connectivity index (χ3n) is 5.48. The lowest BCUT2D eigenvalue weighted by Gasteiger charge is -2.44. The molecular formula is C16H33N3. The van der Waals surface area contributed by atoms with Gasteiger partial charge in [0, 0.05) is 37.8 Å². The van der Waals surface area contributed by atoms with Crippen molar-refractivity contribution in [2.75, 3.05) is 33.7 Å². The maximum absolute atomic E-state index is 3.60. The van der Waals surface area contributed by atoms with Crippen LogP contribution in [-0.2, 0) is 0 Å². The van der Waals surface area contributed by atoms with Crippen molar-refractivity contribution >= 4 is 0 Å². The Labute approximate surface area is 119 Å². The third-order valence-corrected chi connectivity index (χ3v) is 5.48. The Bertz CT molecular complexity index is 251. The molecule has 1 aliphatic carbocycles. The Morgan fingerprint density at radius 1 is 1.05 bits per heavy atom. The first-order valence-corrected chi connectivity index (χ1v) is 8.23. The van der Waals surface area contributed by atoms with Gasteiger partial charge in [-0.3, -0.25) is 9.80 Å². The summed E-state index contributed by atoms with van der Waals surface area (Å²) in [5.41, 5.74) is 0. The quantitative estimate of drug-likeness (QED) is 0.842. The SMILES string of the molecule is CNC(CN1CC(C)N(C)C(C)C1)C1CCCCC1. The second-order valence-electron chi connectivity index (χ2n) is 6.88. The summed E-state index contributed by atoms with van der Waals surface area (Å²) < 4.78 is 0. The van der Waals surface area contributed by atoms with Gasteiger partial charge < -0.3 is 5.32 Å². The van der Waals surface area contributed by atoms with E-state index in [1.807, 2.05) is 0 Å². The summed E-state index contributed by atoms with van der Waals surface area (Å²) in [7, 11) is 4.42. The number of hydrogen-bond donors (Lipinski definition) is 1. The molecular weight excluding hydrogens is 234 g/mol. The highest BCUT2D eigenvalue weighted by Gasteiger charge is 2.30. The Balaban J connectivity index is 1.87. The molecule has 1 N–H and O–H groups in total. The van der Waals surface area contributed by atoms with E-state index in [1.165, 1.54) is 51.7 Å². The molecule has 2 fully saturated rings. The molecule has 3 atom stereocenters. The molecule has 0 radical (unpaired) electrons. The summed E-state index contributed by atoms with van der Waals surface area (Å²) in [5.74, 6) is 0.906. The lowest BCUT2D eigenvalue weighted by atomic mass is 9.83. The van der Waals surface area contributed by atoms with Crippen LogP contribution in [0.4, 0.5) is 0 Å². The molecule has 3 unspecified atom stereocenters. The minimum atomic E-state index is 0.688. The zero-order chi connectivity index (χ0) is 13.8. The van der Waals surface area contributed by atoms with Crippen LogP contribution in [0.5, 0.6) is 0 Å². The van der Waals surface area contributed by atoms with E-state index in [-0.39, 0.29) is 0 Å². The van der Waals surface area contributed by atoms with E-state index in [0.717, 1.165) is 5.92 Å². The molecule has 0 aromatic rings. The van der Waals surface area contributed by atoms with Crippen LogP contribution in [0.2, 0.25) is 0 Å². The first-order valence-electron chi connectivity index (χ1n) is 8.23. The molecule has 3 nitrogen and oxygen atoms in total. The molecule has 112 valence electrons. The number of nitrogens with one attached hydrogen (secondary N) is 1. The molecule has 0 bridgehead atoms. The summed E-state index contributed by atoms with van der Waals surface area (Å²) in [4.78, 5) is 5.20. The van der Waals surface area contributed by atoms with Crippen LogP contribution >= 0.6 is 0 Å². The molecule has 0 amide bonds. The van der Waals surface area contributed by atoms with Gasteiger partial charge >= 0.3 is 0 Å². The molecule has 3 heteroatoms. The van der Waals surface area contributed by atoms with Crippen LogP contribution in [0, 0.1) is 5.92 Å². The highest BCUT2D eigenvalue weighted by molar-refractivity contribution is 4.87. The van der Waals surface area contributed by atoms with Crippen molar-refractivity contribution in [1.29, 1.82) is 0 Å². The molecule has 2 aliphatic rings. The lowest BCUT2D eigenvalue weighted by Crippen LogP contribution is -2.57. The molecule has 0 aromatic heterocycles. The molecule has 1 saturated carbocycles. The van der Waals surface area contributed by atoms with E-state index in [0.29, 0.717) is 18.1 Å². The normalized spacial score (nSPS) is 33.5. The smallest absolute Gasteiger partial charge is 0.0220 e. The number of piperazine rings is 1. The van der Waals surface area contributed by atoms with E-state index < -0.39 is 0 Å². The van der Waals surface area contributed by atoms with Gasteiger partial charge in [0.05, 0.1) is 0 Å². The topological polar surface area (TPSA) is 18.5 Å². The predicted molar refractivity (Wildman–Crippen MR) is 82.5 cm³/mol. The van der Waals surface area contributed by atoms with Gasteiger partial charge in [-0.05, 0) is 46.7 Å². The van der Waals surface area contributed by atoms with E-state index in [2.05, 4.69) is 43.1 Å². The second kappa shape index (κ2) is 7.05. The fourth-order valence-corrected chi connectivity index (χ4v) is 3.95. The van der Waals surface area contributed by atoms with Crippen LogP contribution in [0.25, 0.3) is 0 Å². The third kappa shape index (κ3) is 3.93. The second-order valence-corrected chi connectivity index (χ2v) is 6.88. The van der Waals surface area contributed by atoms with Crippen LogP contribution in [0.3, 0.4) is 0 Å². The van der Waals surface area contributed by atoms with E-state index >= 15 is 0 Å². The Morgan fingerprint density at radius 2 is 1.63 bits per heavy atom. The predicted octanol–water partition coefficient (Wildman–Crippen LogP) is 2.18. The summed E-state index contributed by atoms with van der Waals surface area (Å²) in [6.45, 7) is 8.41. The fourth-order valence-electron chi connectivity index (χ4n) is 3.95. The zero-order valence-electron chi connectivity index (χ0n) is 13.4. The molecule has 1 heterocycles. The monoisotopic (exact) mass is 267 g/mol. The lowest BCUT2D eigenvalue weighted by molar-refractivity contribution is 0.0481. The van der Waals surface area contributed by atoms with Gasteiger partial charge in [-0.2, -0.15) is 0 Å². The minimum Gasteiger partial charge on any atom is -0.315 e. The van der Waals surface area contributed by atoms with Gasteiger partial charge in [0.2, 0.25) is 0 Å².